The first kappa shape index (κ1) is 21.5. The van der Waals surface area contributed by atoms with Crippen LogP contribution in [-0.4, -0.2) is 38.4 Å². The van der Waals surface area contributed by atoms with Crippen LogP contribution >= 0.6 is 11.6 Å². The summed E-state index contributed by atoms with van der Waals surface area (Å²) in [4.78, 5) is 12.1. The van der Waals surface area contributed by atoms with E-state index in [0.717, 1.165) is 18.6 Å². The molecule has 0 aromatic heterocycles. The molecule has 1 fully saturated rings. The van der Waals surface area contributed by atoms with Crippen molar-refractivity contribution in [2.45, 2.75) is 24.2 Å². The van der Waals surface area contributed by atoms with Gasteiger partial charge < -0.3 is 10.6 Å². The van der Waals surface area contributed by atoms with Crippen LogP contribution in [0.15, 0.2) is 53.4 Å². The Kier molecular flexibility index (Phi) is 7.10. The minimum Gasteiger partial charge on any atom is -0.338 e. The lowest BCUT2D eigenvalue weighted by Crippen LogP contribution is -2.39. The molecule has 2 aromatic rings. The van der Waals surface area contributed by atoms with Crippen LogP contribution in [0.3, 0.4) is 0 Å². The molecule has 29 heavy (non-hydrogen) atoms. The van der Waals surface area contributed by atoms with Crippen molar-refractivity contribution in [1.82, 2.24) is 9.62 Å². The van der Waals surface area contributed by atoms with Crippen LogP contribution in [0.1, 0.15) is 19.3 Å². The molecule has 0 unspecified atom stereocenters. The number of hydrogen-bond donors (Lipinski definition) is 2. The quantitative estimate of drug-likeness (QED) is 0.711. The molecule has 0 aliphatic carbocycles. The van der Waals surface area contributed by atoms with Crippen LogP contribution < -0.4 is 10.6 Å². The summed E-state index contributed by atoms with van der Waals surface area (Å²) in [5.41, 5.74) is 0.547. The molecule has 1 aliphatic heterocycles. The molecular weight excluding hydrogens is 417 g/mol. The van der Waals surface area contributed by atoms with Crippen molar-refractivity contribution in [2.75, 3.05) is 25.0 Å². The third-order valence-corrected chi connectivity index (χ3v) is 7.23. The number of benzene rings is 2. The largest absolute Gasteiger partial charge is 0.338 e. The number of para-hydroxylation sites is 1. The molecule has 9 heteroatoms. The molecular formula is C20H23ClFN3O3S. The van der Waals surface area contributed by atoms with Crippen molar-refractivity contribution in [3.63, 3.8) is 0 Å². The number of nitrogens with one attached hydrogen (secondary N) is 2. The zero-order chi connectivity index (χ0) is 20.9. The number of amides is 2. The second-order valence-electron chi connectivity index (χ2n) is 6.95. The second-order valence-corrected chi connectivity index (χ2v) is 9.30. The SMILES string of the molecule is O=C(NCCC1CCN(S(=O)(=O)c2ccc(F)cc2)CC1)Nc1ccccc1Cl. The normalized spacial score (nSPS) is 15.8. The van der Waals surface area contributed by atoms with Crippen molar-refractivity contribution >= 4 is 33.3 Å². The predicted molar refractivity (Wildman–Crippen MR) is 111 cm³/mol. The van der Waals surface area contributed by atoms with E-state index in [1.807, 2.05) is 0 Å². The van der Waals surface area contributed by atoms with Gasteiger partial charge in [0.1, 0.15) is 5.82 Å². The average molecular weight is 440 g/mol. The van der Waals surface area contributed by atoms with Gasteiger partial charge in [0.05, 0.1) is 15.6 Å². The van der Waals surface area contributed by atoms with Crippen molar-refractivity contribution in [2.24, 2.45) is 5.92 Å². The predicted octanol–water partition coefficient (Wildman–Crippen LogP) is 4.09. The van der Waals surface area contributed by atoms with Gasteiger partial charge in [0, 0.05) is 19.6 Å². The molecule has 1 saturated heterocycles. The van der Waals surface area contributed by atoms with Crippen molar-refractivity contribution in [3.8, 4) is 0 Å². The fraction of sp³-hybridized carbons (Fsp3) is 0.350. The average Bonchev–Trinajstić information content (AvgIpc) is 2.70. The molecule has 2 N–H and O–H groups in total. The zero-order valence-electron chi connectivity index (χ0n) is 15.8. The fourth-order valence-corrected chi connectivity index (χ4v) is 4.97. The summed E-state index contributed by atoms with van der Waals surface area (Å²) in [7, 11) is -3.60. The first-order valence-corrected chi connectivity index (χ1v) is 11.2. The third-order valence-electron chi connectivity index (χ3n) is 4.99. The standard InChI is InChI=1S/C20H23ClFN3O3S/c21-18-3-1-2-4-19(18)24-20(26)23-12-9-15-10-13-25(14-11-15)29(27,28)17-7-5-16(22)6-8-17/h1-8,15H,9-14H2,(H2,23,24,26). The van der Waals surface area contributed by atoms with Crippen LogP contribution in [-0.2, 0) is 10.0 Å². The highest BCUT2D eigenvalue weighted by Crippen LogP contribution is 2.25. The van der Waals surface area contributed by atoms with Gasteiger partial charge in [-0.25, -0.2) is 17.6 Å². The lowest BCUT2D eigenvalue weighted by Gasteiger charge is -2.31. The molecule has 156 valence electrons. The van der Waals surface area contributed by atoms with Gasteiger partial charge in [0.15, 0.2) is 0 Å². The summed E-state index contributed by atoms with van der Waals surface area (Å²) in [6.45, 7) is 1.32. The van der Waals surface area contributed by atoms with Crippen molar-refractivity contribution in [3.05, 3.63) is 59.4 Å². The summed E-state index contributed by atoms with van der Waals surface area (Å²) in [5, 5.41) is 5.97. The molecule has 0 spiro atoms. The highest BCUT2D eigenvalue weighted by Gasteiger charge is 2.29. The van der Waals surface area contributed by atoms with Gasteiger partial charge in [-0.15, -0.1) is 0 Å². The van der Waals surface area contributed by atoms with E-state index in [9.17, 15) is 17.6 Å². The lowest BCUT2D eigenvalue weighted by atomic mass is 9.95. The minimum atomic E-state index is -3.60. The molecule has 2 amide bonds. The third kappa shape index (κ3) is 5.68. The van der Waals surface area contributed by atoms with E-state index < -0.39 is 15.8 Å². The zero-order valence-corrected chi connectivity index (χ0v) is 17.3. The van der Waals surface area contributed by atoms with Gasteiger partial charge in [-0.2, -0.15) is 4.31 Å². The summed E-state index contributed by atoms with van der Waals surface area (Å²) in [5.74, 6) is -0.135. The Morgan fingerprint density at radius 1 is 1.10 bits per heavy atom. The number of hydrogen-bond acceptors (Lipinski definition) is 3. The van der Waals surface area contributed by atoms with E-state index in [-0.39, 0.29) is 10.9 Å². The summed E-state index contributed by atoms with van der Waals surface area (Å²) in [6.07, 6.45) is 2.20. The van der Waals surface area contributed by atoms with Crippen LogP contribution in [0.2, 0.25) is 5.02 Å². The van der Waals surface area contributed by atoms with Crippen LogP contribution in [0.5, 0.6) is 0 Å². The molecule has 0 bridgehead atoms. The smallest absolute Gasteiger partial charge is 0.319 e. The number of piperidine rings is 1. The van der Waals surface area contributed by atoms with Crippen molar-refractivity contribution < 1.29 is 17.6 Å². The van der Waals surface area contributed by atoms with E-state index in [1.165, 1.54) is 16.4 Å². The maximum absolute atomic E-state index is 13.0. The Hall–Kier alpha value is -2.16. The summed E-state index contributed by atoms with van der Waals surface area (Å²) >= 11 is 6.01. The van der Waals surface area contributed by atoms with Gasteiger partial charge in [0.25, 0.3) is 0 Å². The minimum absolute atomic E-state index is 0.107. The number of carbonyl (C=O) groups is 1. The number of urea groups is 1. The Morgan fingerprint density at radius 3 is 2.41 bits per heavy atom. The molecule has 2 aromatic carbocycles. The highest BCUT2D eigenvalue weighted by molar-refractivity contribution is 7.89. The number of carbonyl (C=O) groups excluding carboxylic acids is 1. The Labute approximate surface area is 175 Å². The van der Waals surface area contributed by atoms with Crippen LogP contribution in [0.4, 0.5) is 14.9 Å². The Morgan fingerprint density at radius 2 is 1.76 bits per heavy atom. The van der Waals surface area contributed by atoms with Gasteiger partial charge in [0.2, 0.25) is 10.0 Å². The highest BCUT2D eigenvalue weighted by atomic mass is 35.5. The molecule has 3 rings (SSSR count). The van der Waals surface area contributed by atoms with Crippen LogP contribution in [0, 0.1) is 11.7 Å². The summed E-state index contributed by atoms with van der Waals surface area (Å²) < 4.78 is 39.7. The lowest BCUT2D eigenvalue weighted by molar-refractivity contribution is 0.245. The number of anilines is 1. The summed E-state index contributed by atoms with van der Waals surface area (Å²) in [6, 6.07) is 11.6. The Balaban J connectivity index is 1.42. The number of rotatable bonds is 6. The fourth-order valence-electron chi connectivity index (χ4n) is 3.31. The van der Waals surface area contributed by atoms with Gasteiger partial charge in [-0.3, -0.25) is 0 Å². The molecule has 6 nitrogen and oxygen atoms in total. The maximum atomic E-state index is 13.0. The number of sulfonamides is 1. The number of halogens is 2. The first-order valence-electron chi connectivity index (χ1n) is 9.41. The molecule has 0 atom stereocenters. The molecule has 1 heterocycles. The number of nitrogens with zero attached hydrogens (tertiary/aromatic N) is 1. The monoisotopic (exact) mass is 439 g/mol. The van der Waals surface area contributed by atoms with E-state index in [0.29, 0.717) is 49.1 Å². The van der Waals surface area contributed by atoms with E-state index in [4.69, 9.17) is 11.6 Å². The molecule has 1 aliphatic rings. The first-order chi connectivity index (χ1) is 13.9. The molecule has 0 saturated carbocycles. The van der Waals surface area contributed by atoms with E-state index in [2.05, 4.69) is 10.6 Å². The molecule has 0 radical (unpaired) electrons. The van der Waals surface area contributed by atoms with Gasteiger partial charge >= 0.3 is 6.03 Å². The van der Waals surface area contributed by atoms with Gasteiger partial charge in [-0.05, 0) is 61.6 Å². The van der Waals surface area contributed by atoms with Crippen molar-refractivity contribution in [1.29, 1.82) is 0 Å². The van der Waals surface area contributed by atoms with Crippen LogP contribution in [0.25, 0.3) is 0 Å². The van der Waals surface area contributed by atoms with Gasteiger partial charge in [-0.1, -0.05) is 23.7 Å². The second kappa shape index (κ2) is 9.56. The maximum Gasteiger partial charge on any atom is 0.319 e. The topological polar surface area (TPSA) is 78.5 Å². The Bertz CT molecular complexity index is 946. The van der Waals surface area contributed by atoms with E-state index in [1.54, 1.807) is 24.3 Å². The van der Waals surface area contributed by atoms with E-state index >= 15 is 0 Å².